The first-order valence-electron chi connectivity index (χ1n) is 19.3. The van der Waals surface area contributed by atoms with Crippen LogP contribution in [0.2, 0.25) is 0 Å². The molecule has 9 heteroatoms. The minimum absolute atomic E-state index is 0.116. The summed E-state index contributed by atoms with van der Waals surface area (Å²) in [4.78, 5) is 34.3. The number of esters is 2. The highest BCUT2D eigenvalue weighted by Gasteiger charge is 2.24. The van der Waals surface area contributed by atoms with Gasteiger partial charge in [0.1, 0.15) is 6.61 Å². The van der Waals surface area contributed by atoms with Gasteiger partial charge in [0.25, 0.3) is 0 Å². The Kier molecular flexibility index (Phi) is 35.0. The van der Waals surface area contributed by atoms with E-state index in [1.54, 1.807) is 0 Å². The summed E-state index contributed by atoms with van der Waals surface area (Å²) in [7, 11) is -3.24. The molecule has 0 radical (unpaired) electrons. The van der Waals surface area contributed by atoms with Crippen LogP contribution < -0.4 is 0 Å². The molecule has 8 nitrogen and oxygen atoms in total. The van der Waals surface area contributed by atoms with Crippen LogP contribution in [0.15, 0.2) is 85.1 Å². The van der Waals surface area contributed by atoms with Gasteiger partial charge in [-0.1, -0.05) is 137 Å². The van der Waals surface area contributed by atoms with Crippen molar-refractivity contribution in [3.05, 3.63) is 85.1 Å². The van der Waals surface area contributed by atoms with Crippen molar-refractivity contribution in [2.75, 3.05) is 20.3 Å². The Morgan fingerprint density at radius 2 is 1.04 bits per heavy atom. The summed E-state index contributed by atoms with van der Waals surface area (Å²) in [5.41, 5.74) is 0. The van der Waals surface area contributed by atoms with Crippen LogP contribution in [-0.2, 0) is 32.7 Å². The lowest BCUT2D eigenvalue weighted by molar-refractivity contribution is -0.161. The van der Waals surface area contributed by atoms with E-state index in [-0.39, 0.29) is 19.4 Å². The van der Waals surface area contributed by atoms with Crippen LogP contribution in [0.3, 0.4) is 0 Å². The fraction of sp³-hybridized carbons (Fsp3) is 0.619. The summed E-state index contributed by atoms with van der Waals surface area (Å²) in [5, 5.41) is 0. The van der Waals surface area contributed by atoms with Crippen LogP contribution in [0.4, 0.5) is 0 Å². The molecule has 0 rings (SSSR count). The zero-order chi connectivity index (χ0) is 37.5. The van der Waals surface area contributed by atoms with Gasteiger partial charge in [0.05, 0.1) is 6.61 Å². The van der Waals surface area contributed by atoms with E-state index in [1.807, 2.05) is 12.2 Å². The van der Waals surface area contributed by atoms with Gasteiger partial charge in [-0.25, -0.2) is 4.57 Å². The zero-order valence-electron chi connectivity index (χ0n) is 32.0. The zero-order valence-corrected chi connectivity index (χ0v) is 32.9. The molecule has 51 heavy (non-hydrogen) atoms. The quantitative estimate of drug-likeness (QED) is 0.0301. The molecule has 2 atom stereocenters. The lowest BCUT2D eigenvalue weighted by atomic mass is 10.1. The summed E-state index contributed by atoms with van der Waals surface area (Å²) in [6.45, 7) is 3.64. The van der Waals surface area contributed by atoms with Crippen LogP contribution in [0, 0.1) is 0 Å². The number of phosphoric acid groups is 1. The van der Waals surface area contributed by atoms with Gasteiger partial charge in [-0.3, -0.25) is 18.6 Å². The van der Waals surface area contributed by atoms with E-state index in [1.165, 1.54) is 32.1 Å². The number of hydrogen-bond donors (Lipinski definition) is 1. The molecule has 0 heterocycles. The van der Waals surface area contributed by atoms with Crippen molar-refractivity contribution in [1.82, 2.24) is 0 Å². The minimum Gasteiger partial charge on any atom is -0.462 e. The van der Waals surface area contributed by atoms with E-state index in [4.69, 9.17) is 14.0 Å². The summed E-state index contributed by atoms with van der Waals surface area (Å²) in [6.07, 6.45) is 47.9. The molecule has 1 N–H and O–H groups in total. The minimum atomic E-state index is -4.28. The van der Waals surface area contributed by atoms with Gasteiger partial charge in [-0.05, 0) is 77.0 Å². The largest absolute Gasteiger partial charge is 0.472 e. The maximum Gasteiger partial charge on any atom is 0.472 e. The van der Waals surface area contributed by atoms with E-state index < -0.39 is 32.5 Å². The van der Waals surface area contributed by atoms with Gasteiger partial charge in [0, 0.05) is 20.0 Å². The number of rotatable bonds is 34. The van der Waals surface area contributed by atoms with Crippen molar-refractivity contribution in [1.29, 1.82) is 0 Å². The Labute approximate surface area is 310 Å². The van der Waals surface area contributed by atoms with Crippen molar-refractivity contribution in [2.45, 2.75) is 148 Å². The average molecular weight is 733 g/mol. The molecule has 0 aliphatic carbocycles. The van der Waals surface area contributed by atoms with Crippen molar-refractivity contribution in [2.24, 2.45) is 0 Å². The molecule has 0 amide bonds. The van der Waals surface area contributed by atoms with Crippen molar-refractivity contribution in [3.8, 4) is 0 Å². The lowest BCUT2D eigenvalue weighted by Crippen LogP contribution is -2.29. The van der Waals surface area contributed by atoms with E-state index in [2.05, 4.69) is 91.3 Å². The number of phosphoric ester groups is 1. The smallest absolute Gasteiger partial charge is 0.462 e. The van der Waals surface area contributed by atoms with E-state index in [9.17, 15) is 19.0 Å². The summed E-state index contributed by atoms with van der Waals surface area (Å²) in [5.74, 6) is -0.923. The summed E-state index contributed by atoms with van der Waals surface area (Å²) in [6, 6.07) is 0. The molecular formula is C42H69O8P. The van der Waals surface area contributed by atoms with Crippen LogP contribution in [-0.4, -0.2) is 43.3 Å². The number of carbonyl (C=O) groups is 2. The second kappa shape index (κ2) is 37.0. The highest BCUT2D eigenvalue weighted by molar-refractivity contribution is 7.47. The number of ether oxygens (including phenoxy) is 2. The maximum atomic E-state index is 12.4. The molecule has 2 unspecified atom stereocenters. The maximum absolute atomic E-state index is 12.4. The molecule has 0 aromatic heterocycles. The number of carbonyl (C=O) groups excluding carboxylic acids is 2. The van der Waals surface area contributed by atoms with Gasteiger partial charge >= 0.3 is 19.8 Å². The van der Waals surface area contributed by atoms with Crippen LogP contribution in [0.25, 0.3) is 0 Å². The molecule has 0 saturated heterocycles. The predicted octanol–water partition coefficient (Wildman–Crippen LogP) is 11.9. The normalized spacial score (nSPS) is 14.4. The molecule has 0 fully saturated rings. The molecule has 290 valence electrons. The number of hydrogen-bond acceptors (Lipinski definition) is 7. The van der Waals surface area contributed by atoms with E-state index >= 15 is 0 Å². The molecule has 0 aliphatic rings. The Balaban J connectivity index is 4.16. The standard InChI is InChI=1S/C42H69O8P/c1-4-6-8-10-12-14-16-18-19-20-21-22-23-25-26-28-30-32-34-36-41(43)48-38-40(39-49-51(45,46)47-3)50-42(44)37-35-33-31-29-27-24-17-15-13-11-9-7-5-2/h7,9,12-15,18-19,21-22,24,27,31,33,40H,4-6,8,10-11,16-17,20,23,25-26,28-30,32,34-39H2,1-3H3,(H,45,46)/b9-7-,14-12-,15-13-,19-18-,22-21-,27-24-,33-31-. The second-order valence-corrected chi connectivity index (χ2v) is 13.9. The third kappa shape index (κ3) is 36.8. The molecule has 0 aromatic carbocycles. The van der Waals surface area contributed by atoms with Crippen LogP contribution >= 0.6 is 7.82 Å². The van der Waals surface area contributed by atoms with Crippen LogP contribution in [0.1, 0.15) is 142 Å². The first-order valence-corrected chi connectivity index (χ1v) is 20.8. The Bertz CT molecular complexity index is 1100. The molecule has 0 aromatic rings. The first kappa shape index (κ1) is 48.2. The third-order valence-electron chi connectivity index (χ3n) is 7.64. The number of allylic oxidation sites excluding steroid dienone is 14. The van der Waals surface area contributed by atoms with Gasteiger partial charge in [-0.2, -0.15) is 0 Å². The topological polar surface area (TPSA) is 108 Å². The SMILES string of the molecule is CC/C=C\C/C=C\C/C=C\C/C=C\CCC(=O)OC(COC(=O)CCCCCCCC/C=C\C/C=C\C/C=C\CCCCC)COP(=O)(O)OC. The molecule has 0 spiro atoms. The summed E-state index contributed by atoms with van der Waals surface area (Å²) >= 11 is 0. The van der Waals surface area contributed by atoms with Crippen molar-refractivity contribution in [3.63, 3.8) is 0 Å². The summed E-state index contributed by atoms with van der Waals surface area (Å²) < 4.78 is 31.8. The Morgan fingerprint density at radius 3 is 1.57 bits per heavy atom. The second-order valence-electron chi connectivity index (χ2n) is 12.3. The van der Waals surface area contributed by atoms with Gasteiger partial charge in [-0.15, -0.1) is 0 Å². The van der Waals surface area contributed by atoms with Crippen molar-refractivity contribution >= 4 is 19.8 Å². The van der Waals surface area contributed by atoms with Crippen LogP contribution in [0.5, 0.6) is 0 Å². The van der Waals surface area contributed by atoms with Crippen molar-refractivity contribution < 1.29 is 37.6 Å². The van der Waals surface area contributed by atoms with Gasteiger partial charge in [0.15, 0.2) is 6.10 Å². The Hall–Kier alpha value is -2.77. The van der Waals surface area contributed by atoms with Gasteiger partial charge < -0.3 is 14.4 Å². The highest BCUT2D eigenvalue weighted by Crippen LogP contribution is 2.42. The molecule has 0 aliphatic heterocycles. The monoisotopic (exact) mass is 732 g/mol. The average Bonchev–Trinajstić information content (AvgIpc) is 3.12. The third-order valence-corrected chi connectivity index (χ3v) is 8.57. The Morgan fingerprint density at radius 1 is 0.569 bits per heavy atom. The fourth-order valence-corrected chi connectivity index (χ4v) is 5.14. The van der Waals surface area contributed by atoms with E-state index in [0.717, 1.165) is 77.7 Å². The molecule has 0 bridgehead atoms. The molecular weight excluding hydrogens is 663 g/mol. The molecule has 0 saturated carbocycles. The first-order chi connectivity index (χ1) is 24.8. The lowest BCUT2D eigenvalue weighted by Gasteiger charge is -2.19. The fourth-order valence-electron chi connectivity index (χ4n) is 4.68. The number of unbranched alkanes of at least 4 members (excludes halogenated alkanes) is 9. The van der Waals surface area contributed by atoms with Gasteiger partial charge in [0.2, 0.25) is 0 Å². The highest BCUT2D eigenvalue weighted by atomic mass is 31.2. The predicted molar refractivity (Wildman–Crippen MR) is 211 cm³/mol. The van der Waals surface area contributed by atoms with E-state index in [0.29, 0.717) is 12.8 Å².